The molecule has 0 saturated carbocycles. The lowest BCUT2D eigenvalue weighted by molar-refractivity contribution is 0.0686. The summed E-state index contributed by atoms with van der Waals surface area (Å²) >= 11 is 0. The Balaban J connectivity index is 1.60. The second-order valence-corrected chi connectivity index (χ2v) is 6.85. The van der Waals surface area contributed by atoms with E-state index in [9.17, 15) is 19.5 Å². The number of anilines is 1. The standard InChI is InChI=1S/C21H18N4O5/c26-17-16(20(28)29)24-18(25-19(17)27)13-7-3-4-8-14(13)22-21(30)23-15-10-9-11-5-1-2-6-12(11)15/h1-8,15,26H,9-10H2,(H,28,29)(H2,22,23,30)(H,24,25,27). The number of rotatable bonds is 4. The van der Waals surface area contributed by atoms with Crippen molar-refractivity contribution in [1.82, 2.24) is 15.3 Å². The van der Waals surface area contributed by atoms with Gasteiger partial charge in [-0.1, -0.05) is 36.4 Å². The van der Waals surface area contributed by atoms with E-state index in [0.29, 0.717) is 11.3 Å². The van der Waals surface area contributed by atoms with Crippen LogP contribution in [-0.2, 0) is 6.42 Å². The minimum absolute atomic E-state index is 0.0858. The Bertz CT molecular complexity index is 1200. The van der Waals surface area contributed by atoms with E-state index in [1.807, 2.05) is 24.3 Å². The third kappa shape index (κ3) is 3.60. The third-order valence-corrected chi connectivity index (χ3v) is 4.97. The Morgan fingerprint density at radius 3 is 2.63 bits per heavy atom. The molecule has 5 N–H and O–H groups in total. The molecule has 0 bridgehead atoms. The van der Waals surface area contributed by atoms with Crippen LogP contribution in [-0.4, -0.2) is 32.2 Å². The number of aromatic nitrogens is 2. The molecule has 1 atom stereocenters. The minimum atomic E-state index is -1.54. The summed E-state index contributed by atoms with van der Waals surface area (Å²) in [5.74, 6) is -2.60. The van der Waals surface area contributed by atoms with Crippen LogP contribution in [0.5, 0.6) is 5.75 Å². The maximum absolute atomic E-state index is 12.6. The Hall–Kier alpha value is -4.14. The van der Waals surface area contributed by atoms with E-state index in [1.165, 1.54) is 5.56 Å². The normalized spacial score (nSPS) is 14.7. The molecule has 0 spiro atoms. The number of aromatic carboxylic acids is 1. The van der Waals surface area contributed by atoms with Crippen molar-refractivity contribution in [2.24, 2.45) is 0 Å². The number of H-pyrrole nitrogens is 1. The van der Waals surface area contributed by atoms with E-state index in [0.717, 1.165) is 18.4 Å². The van der Waals surface area contributed by atoms with Gasteiger partial charge in [-0.05, 0) is 36.1 Å². The molecule has 1 aliphatic carbocycles. The highest BCUT2D eigenvalue weighted by molar-refractivity contribution is 5.94. The van der Waals surface area contributed by atoms with Gasteiger partial charge in [-0.2, -0.15) is 0 Å². The second-order valence-electron chi connectivity index (χ2n) is 6.85. The van der Waals surface area contributed by atoms with E-state index in [4.69, 9.17) is 5.11 Å². The molecule has 1 aliphatic rings. The second kappa shape index (κ2) is 7.70. The van der Waals surface area contributed by atoms with Crippen LogP contribution in [0.2, 0.25) is 0 Å². The molecule has 2 aromatic carbocycles. The van der Waals surface area contributed by atoms with Crippen molar-refractivity contribution in [3.05, 3.63) is 75.7 Å². The fourth-order valence-corrected chi connectivity index (χ4v) is 3.57. The van der Waals surface area contributed by atoms with Gasteiger partial charge in [-0.15, -0.1) is 0 Å². The average molecular weight is 406 g/mol. The highest BCUT2D eigenvalue weighted by atomic mass is 16.4. The van der Waals surface area contributed by atoms with Crippen molar-refractivity contribution < 1.29 is 19.8 Å². The van der Waals surface area contributed by atoms with E-state index >= 15 is 0 Å². The van der Waals surface area contributed by atoms with Crippen LogP contribution in [0.15, 0.2) is 53.3 Å². The zero-order chi connectivity index (χ0) is 21.3. The summed E-state index contributed by atoms with van der Waals surface area (Å²) in [7, 11) is 0. The van der Waals surface area contributed by atoms with Gasteiger partial charge >= 0.3 is 12.0 Å². The molecule has 1 heterocycles. The summed E-state index contributed by atoms with van der Waals surface area (Å²) in [4.78, 5) is 41.9. The molecule has 0 aliphatic heterocycles. The number of para-hydroxylation sites is 1. The van der Waals surface area contributed by atoms with E-state index in [2.05, 4.69) is 20.6 Å². The monoisotopic (exact) mass is 406 g/mol. The number of hydrogen-bond acceptors (Lipinski definition) is 5. The number of carboxylic acid groups (broad SMARTS) is 1. The Labute approximate surface area is 170 Å². The number of nitrogens with zero attached hydrogens (tertiary/aromatic N) is 1. The fraction of sp³-hybridized carbons (Fsp3) is 0.143. The van der Waals surface area contributed by atoms with Gasteiger partial charge in [0, 0.05) is 5.56 Å². The van der Waals surface area contributed by atoms with Crippen molar-refractivity contribution in [2.45, 2.75) is 18.9 Å². The number of aromatic hydroxyl groups is 1. The van der Waals surface area contributed by atoms with Gasteiger partial charge in [0.05, 0.1) is 11.7 Å². The van der Waals surface area contributed by atoms with Crippen LogP contribution >= 0.6 is 0 Å². The maximum atomic E-state index is 12.6. The number of urea groups is 1. The van der Waals surface area contributed by atoms with Crippen molar-refractivity contribution >= 4 is 17.7 Å². The van der Waals surface area contributed by atoms with Crippen LogP contribution < -0.4 is 16.2 Å². The number of benzene rings is 2. The first-order valence-corrected chi connectivity index (χ1v) is 9.25. The smallest absolute Gasteiger partial charge is 0.358 e. The van der Waals surface area contributed by atoms with E-state index < -0.39 is 29.0 Å². The number of fused-ring (bicyclic) bond motifs is 1. The van der Waals surface area contributed by atoms with E-state index in [1.54, 1.807) is 24.3 Å². The highest BCUT2D eigenvalue weighted by Crippen LogP contribution is 2.31. The van der Waals surface area contributed by atoms with Gasteiger partial charge in [0.1, 0.15) is 5.82 Å². The summed E-state index contributed by atoms with van der Waals surface area (Å²) in [5.41, 5.74) is 1.16. The Morgan fingerprint density at radius 2 is 1.83 bits per heavy atom. The Morgan fingerprint density at radius 1 is 1.10 bits per heavy atom. The fourth-order valence-electron chi connectivity index (χ4n) is 3.57. The molecule has 3 aromatic rings. The largest absolute Gasteiger partial charge is 0.501 e. The molecular formula is C21H18N4O5. The summed E-state index contributed by atoms with van der Waals surface area (Å²) in [6.45, 7) is 0. The zero-order valence-corrected chi connectivity index (χ0v) is 15.7. The number of hydrogen-bond donors (Lipinski definition) is 5. The van der Waals surface area contributed by atoms with Crippen LogP contribution in [0, 0.1) is 0 Å². The van der Waals surface area contributed by atoms with Crippen LogP contribution in [0.25, 0.3) is 11.4 Å². The predicted molar refractivity (Wildman–Crippen MR) is 109 cm³/mol. The van der Waals surface area contributed by atoms with Crippen molar-refractivity contribution in [2.75, 3.05) is 5.32 Å². The molecule has 2 amide bonds. The lowest BCUT2D eigenvalue weighted by Gasteiger charge is -2.16. The molecule has 30 heavy (non-hydrogen) atoms. The predicted octanol–water partition coefficient (Wildman–Crippen LogP) is 2.65. The molecular weight excluding hydrogens is 388 g/mol. The van der Waals surface area contributed by atoms with Crippen molar-refractivity contribution in [3.8, 4) is 17.1 Å². The maximum Gasteiger partial charge on any atom is 0.358 e. The van der Waals surface area contributed by atoms with Gasteiger partial charge in [0.25, 0.3) is 5.56 Å². The van der Waals surface area contributed by atoms with Gasteiger partial charge in [0.15, 0.2) is 5.69 Å². The van der Waals surface area contributed by atoms with Crippen LogP contribution in [0.4, 0.5) is 10.5 Å². The molecule has 0 saturated heterocycles. The quantitative estimate of drug-likeness (QED) is 0.450. The number of aromatic amines is 1. The summed E-state index contributed by atoms with van der Waals surface area (Å²) in [6.07, 6.45) is 1.68. The SMILES string of the molecule is O=C(Nc1ccccc1-c1nc(C(=O)O)c(O)c(=O)[nH]1)NC1CCc2ccccc21. The number of amides is 2. The molecule has 0 fully saturated rings. The molecule has 1 unspecified atom stereocenters. The lowest BCUT2D eigenvalue weighted by atomic mass is 10.1. The summed E-state index contributed by atoms with van der Waals surface area (Å²) in [6, 6.07) is 13.9. The molecule has 1 aromatic heterocycles. The first kappa shape index (κ1) is 19.2. The number of carbonyl (C=O) groups is 2. The summed E-state index contributed by atoms with van der Waals surface area (Å²) in [5, 5.41) is 24.5. The van der Waals surface area contributed by atoms with Crippen LogP contribution in [0.1, 0.15) is 34.1 Å². The van der Waals surface area contributed by atoms with Gasteiger partial charge in [-0.3, -0.25) is 4.79 Å². The summed E-state index contributed by atoms with van der Waals surface area (Å²) < 4.78 is 0. The van der Waals surface area contributed by atoms with Gasteiger partial charge < -0.3 is 25.8 Å². The molecule has 4 rings (SSSR count). The Kier molecular flexibility index (Phi) is 4.93. The van der Waals surface area contributed by atoms with Gasteiger partial charge in [-0.25, -0.2) is 14.6 Å². The minimum Gasteiger partial charge on any atom is -0.501 e. The zero-order valence-electron chi connectivity index (χ0n) is 15.7. The molecule has 9 nitrogen and oxygen atoms in total. The topological polar surface area (TPSA) is 144 Å². The lowest BCUT2D eigenvalue weighted by Crippen LogP contribution is -2.31. The highest BCUT2D eigenvalue weighted by Gasteiger charge is 2.24. The first-order chi connectivity index (χ1) is 14.4. The number of carboxylic acids is 1. The first-order valence-electron chi connectivity index (χ1n) is 9.25. The van der Waals surface area contributed by atoms with Gasteiger partial charge in [0.2, 0.25) is 5.75 Å². The number of aryl methyl sites for hydroxylation is 1. The van der Waals surface area contributed by atoms with Crippen LogP contribution in [0.3, 0.4) is 0 Å². The van der Waals surface area contributed by atoms with Crippen molar-refractivity contribution in [1.29, 1.82) is 0 Å². The molecule has 9 heteroatoms. The molecule has 0 radical (unpaired) electrons. The van der Waals surface area contributed by atoms with Crippen molar-refractivity contribution in [3.63, 3.8) is 0 Å². The van der Waals surface area contributed by atoms with E-state index in [-0.39, 0.29) is 11.9 Å². The molecule has 152 valence electrons. The average Bonchev–Trinajstić information content (AvgIpc) is 3.13. The number of carbonyl (C=O) groups excluding carboxylic acids is 1. The third-order valence-electron chi connectivity index (χ3n) is 4.97. The number of nitrogens with one attached hydrogen (secondary N) is 3.